The second kappa shape index (κ2) is 9.09. The molecule has 0 N–H and O–H groups in total. The highest BCUT2D eigenvalue weighted by atomic mass is 19.4. The summed E-state index contributed by atoms with van der Waals surface area (Å²) < 4.78 is 46.7. The number of alkyl halides is 3. The van der Waals surface area contributed by atoms with Crippen molar-refractivity contribution >= 4 is 10.9 Å². The molecule has 10 heteroatoms. The van der Waals surface area contributed by atoms with Gasteiger partial charge < -0.3 is 4.74 Å². The number of hydrogen-bond acceptors (Lipinski definition) is 6. The van der Waals surface area contributed by atoms with Crippen molar-refractivity contribution in [1.29, 1.82) is 0 Å². The summed E-state index contributed by atoms with van der Waals surface area (Å²) in [5.41, 5.74) is 2.38. The zero-order chi connectivity index (χ0) is 25.6. The van der Waals surface area contributed by atoms with Gasteiger partial charge in [0.05, 0.1) is 22.7 Å². The summed E-state index contributed by atoms with van der Waals surface area (Å²) >= 11 is 0. The van der Waals surface area contributed by atoms with Gasteiger partial charge in [-0.3, -0.25) is 24.3 Å². The van der Waals surface area contributed by atoms with Crippen LogP contribution in [0, 0.1) is 13.8 Å². The lowest BCUT2D eigenvalue weighted by atomic mass is 9.88. The molecule has 4 aromatic rings. The third-order valence-electron chi connectivity index (χ3n) is 6.63. The molecule has 0 aliphatic carbocycles. The fourth-order valence-electron chi connectivity index (χ4n) is 4.60. The molecular formula is C26H24F3N5O2. The minimum absolute atomic E-state index is 0.00828. The second-order valence-electron chi connectivity index (χ2n) is 9.05. The van der Waals surface area contributed by atoms with E-state index in [0.29, 0.717) is 36.4 Å². The Hall–Kier alpha value is -3.66. The molecule has 7 nitrogen and oxygen atoms in total. The lowest BCUT2D eigenvalue weighted by Crippen LogP contribution is -2.23. The summed E-state index contributed by atoms with van der Waals surface area (Å²) in [6.45, 7) is 4.18. The lowest BCUT2D eigenvalue weighted by molar-refractivity contribution is -0.141. The third-order valence-corrected chi connectivity index (χ3v) is 6.63. The van der Waals surface area contributed by atoms with Crippen molar-refractivity contribution in [3.8, 4) is 11.3 Å². The second-order valence-corrected chi connectivity index (χ2v) is 9.05. The highest BCUT2D eigenvalue weighted by molar-refractivity contribution is 5.92. The number of aryl methyl sites for hydroxylation is 2. The van der Waals surface area contributed by atoms with Crippen LogP contribution in [0.25, 0.3) is 22.2 Å². The zero-order valence-corrected chi connectivity index (χ0v) is 20.0. The molecule has 0 spiro atoms. The summed E-state index contributed by atoms with van der Waals surface area (Å²) in [6.07, 6.45) is -0.459. The van der Waals surface area contributed by atoms with Crippen molar-refractivity contribution in [1.82, 2.24) is 24.5 Å². The Morgan fingerprint density at radius 1 is 1.08 bits per heavy atom. The van der Waals surface area contributed by atoms with Gasteiger partial charge in [0, 0.05) is 48.9 Å². The van der Waals surface area contributed by atoms with E-state index >= 15 is 0 Å². The van der Waals surface area contributed by atoms with Crippen molar-refractivity contribution in [2.45, 2.75) is 44.9 Å². The Balaban J connectivity index is 1.62. The van der Waals surface area contributed by atoms with E-state index in [9.17, 15) is 18.0 Å². The van der Waals surface area contributed by atoms with Crippen LogP contribution in [0.5, 0.6) is 0 Å². The maximum atomic E-state index is 13.2. The summed E-state index contributed by atoms with van der Waals surface area (Å²) in [6, 6.07) is 7.94. The number of fused-ring (bicyclic) bond motifs is 1. The van der Waals surface area contributed by atoms with E-state index in [4.69, 9.17) is 9.72 Å². The van der Waals surface area contributed by atoms with Gasteiger partial charge in [-0.1, -0.05) is 0 Å². The van der Waals surface area contributed by atoms with E-state index in [0.717, 1.165) is 29.2 Å². The Morgan fingerprint density at radius 2 is 1.89 bits per heavy atom. The van der Waals surface area contributed by atoms with Crippen LogP contribution in [0.15, 0.2) is 47.5 Å². The highest BCUT2D eigenvalue weighted by Crippen LogP contribution is 2.39. The van der Waals surface area contributed by atoms with Gasteiger partial charge in [0.2, 0.25) is 0 Å². The van der Waals surface area contributed by atoms with Crippen molar-refractivity contribution in [3.05, 3.63) is 81.5 Å². The monoisotopic (exact) mass is 495 g/mol. The molecule has 0 bridgehead atoms. The molecule has 2 atom stereocenters. The first-order valence-electron chi connectivity index (χ1n) is 11.6. The summed E-state index contributed by atoms with van der Waals surface area (Å²) in [4.78, 5) is 30.4. The molecule has 5 heterocycles. The SMILES string of the molecule is Cc1cc([C@H]2C[C@@H](c3cc4nc(C)n(C)c(=O)c4c(-c4ccc(C(F)(F)F)nc4)n3)CCO2)ccn1. The van der Waals surface area contributed by atoms with Crippen molar-refractivity contribution < 1.29 is 17.9 Å². The first-order chi connectivity index (χ1) is 17.1. The van der Waals surface area contributed by atoms with Gasteiger partial charge in [-0.2, -0.15) is 13.2 Å². The van der Waals surface area contributed by atoms with Crippen LogP contribution in [-0.4, -0.2) is 31.1 Å². The lowest BCUT2D eigenvalue weighted by Gasteiger charge is -2.30. The zero-order valence-electron chi connectivity index (χ0n) is 20.0. The Labute approximate surface area is 205 Å². The molecule has 1 aliphatic heterocycles. The average molecular weight is 496 g/mol. The molecule has 0 radical (unpaired) electrons. The Morgan fingerprint density at radius 3 is 2.58 bits per heavy atom. The van der Waals surface area contributed by atoms with Gasteiger partial charge in [-0.05, 0) is 62.6 Å². The molecule has 5 rings (SSSR count). The third kappa shape index (κ3) is 4.48. The van der Waals surface area contributed by atoms with E-state index < -0.39 is 11.9 Å². The first-order valence-corrected chi connectivity index (χ1v) is 11.6. The smallest absolute Gasteiger partial charge is 0.373 e. The molecule has 0 aromatic carbocycles. The topological polar surface area (TPSA) is 82.8 Å². The van der Waals surface area contributed by atoms with Crippen LogP contribution in [0.1, 0.15) is 53.3 Å². The molecule has 0 unspecified atom stereocenters. The van der Waals surface area contributed by atoms with Crippen molar-refractivity contribution in [2.75, 3.05) is 6.61 Å². The highest BCUT2D eigenvalue weighted by Gasteiger charge is 2.32. The minimum atomic E-state index is -4.56. The number of ether oxygens (including phenoxy) is 1. The number of pyridine rings is 3. The largest absolute Gasteiger partial charge is 0.433 e. The number of halogens is 3. The molecular weight excluding hydrogens is 471 g/mol. The minimum Gasteiger partial charge on any atom is -0.373 e. The van der Waals surface area contributed by atoms with Gasteiger partial charge in [0.15, 0.2) is 0 Å². The van der Waals surface area contributed by atoms with E-state index in [-0.39, 0.29) is 28.7 Å². The van der Waals surface area contributed by atoms with E-state index in [1.165, 1.54) is 10.6 Å². The van der Waals surface area contributed by atoms with Crippen LogP contribution < -0.4 is 5.56 Å². The number of aromatic nitrogens is 5. The molecule has 1 fully saturated rings. The molecule has 1 aliphatic rings. The van der Waals surface area contributed by atoms with Gasteiger partial charge in [0.25, 0.3) is 5.56 Å². The van der Waals surface area contributed by atoms with E-state index in [1.807, 2.05) is 25.1 Å². The predicted octanol–water partition coefficient (Wildman–Crippen LogP) is 5.06. The van der Waals surface area contributed by atoms with Crippen LogP contribution in [0.3, 0.4) is 0 Å². The maximum absolute atomic E-state index is 13.2. The molecule has 36 heavy (non-hydrogen) atoms. The van der Waals surface area contributed by atoms with Gasteiger partial charge in [-0.25, -0.2) is 4.98 Å². The molecule has 186 valence electrons. The van der Waals surface area contributed by atoms with Crippen molar-refractivity contribution in [3.63, 3.8) is 0 Å². The Kier molecular flexibility index (Phi) is 6.07. The normalized spacial score (nSPS) is 18.5. The van der Waals surface area contributed by atoms with Crippen LogP contribution in [-0.2, 0) is 18.0 Å². The van der Waals surface area contributed by atoms with Gasteiger partial charge in [0.1, 0.15) is 11.5 Å². The first kappa shape index (κ1) is 24.1. The summed E-state index contributed by atoms with van der Waals surface area (Å²) in [5.74, 6) is 0.534. The Bertz CT molecular complexity index is 1500. The van der Waals surface area contributed by atoms with E-state index in [1.54, 1.807) is 20.2 Å². The number of rotatable bonds is 3. The molecule has 4 aromatic heterocycles. The summed E-state index contributed by atoms with van der Waals surface area (Å²) in [7, 11) is 1.60. The fraction of sp³-hybridized carbons (Fsp3) is 0.346. The van der Waals surface area contributed by atoms with Gasteiger partial charge >= 0.3 is 6.18 Å². The average Bonchev–Trinajstić information content (AvgIpc) is 2.86. The van der Waals surface area contributed by atoms with Gasteiger partial charge in [-0.15, -0.1) is 0 Å². The van der Waals surface area contributed by atoms with Crippen LogP contribution in [0.4, 0.5) is 13.2 Å². The van der Waals surface area contributed by atoms with Crippen molar-refractivity contribution in [2.24, 2.45) is 7.05 Å². The van der Waals surface area contributed by atoms with Crippen LogP contribution in [0.2, 0.25) is 0 Å². The molecule has 0 saturated carbocycles. The molecule has 1 saturated heterocycles. The number of hydrogen-bond donors (Lipinski definition) is 0. The quantitative estimate of drug-likeness (QED) is 0.395. The van der Waals surface area contributed by atoms with E-state index in [2.05, 4.69) is 15.0 Å². The summed E-state index contributed by atoms with van der Waals surface area (Å²) in [5, 5.41) is 0.252. The van der Waals surface area contributed by atoms with Crippen LogP contribution >= 0.6 is 0 Å². The standard InChI is InChI=1S/C26H24F3N5O2/c1-14-10-17(6-8-30-14)21-11-16(7-9-36-21)19-12-20-23(25(35)34(3)15(2)32-20)24(33-19)18-4-5-22(31-13-18)26(27,28)29/h4-6,8,10,12-13,16,21H,7,9,11H2,1-3H3/t16-,21+/m0/s1. The number of nitrogens with zero attached hydrogens (tertiary/aromatic N) is 5. The molecule has 0 amide bonds. The predicted molar refractivity (Wildman–Crippen MR) is 127 cm³/mol. The maximum Gasteiger partial charge on any atom is 0.433 e. The fourth-order valence-corrected chi connectivity index (χ4v) is 4.60.